The molecule has 15 heteroatoms. The highest BCUT2D eigenvalue weighted by Gasteiger charge is 2.56. The predicted molar refractivity (Wildman–Crippen MR) is 181 cm³/mol. The smallest absolute Gasteiger partial charge is 0.408 e. The van der Waals surface area contributed by atoms with Crippen LogP contribution in [-0.4, -0.2) is 97.3 Å². The van der Waals surface area contributed by atoms with Gasteiger partial charge in [-0.05, 0) is 44.6 Å². The zero-order chi connectivity index (χ0) is 36.5. The fraction of sp³-hybridized carbons (Fsp3) is 0.647. The van der Waals surface area contributed by atoms with E-state index in [9.17, 15) is 24.0 Å². The Kier molecular flexibility index (Phi) is 11.1. The number of halogens is 1. The molecule has 4 rings (SSSR count). The Morgan fingerprint density at radius 2 is 1.69 bits per heavy atom. The maximum Gasteiger partial charge on any atom is 0.408 e. The molecule has 0 radical (unpaired) electrons. The average molecular weight is 706 g/mol. The van der Waals surface area contributed by atoms with Gasteiger partial charge in [-0.1, -0.05) is 50.4 Å². The van der Waals surface area contributed by atoms with Gasteiger partial charge in [-0.25, -0.2) is 4.79 Å². The van der Waals surface area contributed by atoms with Crippen LogP contribution < -0.4 is 25.4 Å². The number of amides is 4. The molecule has 4 atom stereocenters. The minimum atomic E-state index is -1.14. The van der Waals surface area contributed by atoms with Gasteiger partial charge in [0, 0.05) is 31.5 Å². The van der Waals surface area contributed by atoms with Crippen LogP contribution in [0.25, 0.3) is 0 Å². The fourth-order valence-electron chi connectivity index (χ4n) is 6.07. The van der Waals surface area contributed by atoms with Gasteiger partial charge in [0.1, 0.15) is 29.2 Å². The standard InChI is InChI=1S/C34H48ClN5O9/c1-32(2,3)27(38-31(45)48-33(4,5)6)30(44)40-17-34(15-22(39-49-34)19-13-20(35)25(47-9)14-24(19)46-8)16-23(40)28(42)37-21(12-18-10-11-18)26(41)29(43)36-7/h13-14,18,21,23,27H,10-12,15-17H2,1-9H3,(H,36,43)(H,37,42)(H,38,45)/t21-,23-,27+,34+/m0/s1. The number of benzene rings is 1. The first-order valence-corrected chi connectivity index (χ1v) is 16.7. The van der Waals surface area contributed by atoms with Gasteiger partial charge < -0.3 is 39.9 Å². The summed E-state index contributed by atoms with van der Waals surface area (Å²) in [6.45, 7) is 10.4. The highest BCUT2D eigenvalue weighted by molar-refractivity contribution is 6.38. The minimum Gasteiger partial charge on any atom is -0.496 e. The van der Waals surface area contributed by atoms with Crippen molar-refractivity contribution in [1.29, 1.82) is 0 Å². The first-order valence-electron chi connectivity index (χ1n) is 16.3. The summed E-state index contributed by atoms with van der Waals surface area (Å²) in [6, 6.07) is -0.0343. The number of rotatable bonds is 11. The quantitative estimate of drug-likeness (QED) is 0.292. The molecule has 1 saturated heterocycles. The van der Waals surface area contributed by atoms with Gasteiger partial charge in [-0.2, -0.15) is 0 Å². The van der Waals surface area contributed by atoms with Crippen molar-refractivity contribution in [2.24, 2.45) is 16.5 Å². The van der Waals surface area contributed by atoms with E-state index in [0.717, 1.165) is 12.8 Å². The van der Waals surface area contributed by atoms with Crippen LogP contribution in [0.1, 0.15) is 79.2 Å². The van der Waals surface area contributed by atoms with Gasteiger partial charge in [-0.3, -0.25) is 19.2 Å². The van der Waals surface area contributed by atoms with Crippen molar-refractivity contribution in [2.75, 3.05) is 27.8 Å². The normalized spacial score (nSPS) is 21.6. The SMILES string of the molecule is CNC(=O)C(=O)[C@H](CC1CC1)NC(=O)[C@@H]1C[C@]2(CC(c3cc(Cl)c(OC)cc3OC)=NO2)CN1C(=O)[C@@H](NC(=O)OC(C)(C)C)C(C)(C)C. The summed E-state index contributed by atoms with van der Waals surface area (Å²) in [7, 11) is 4.33. The first-order chi connectivity index (χ1) is 22.8. The predicted octanol–water partition coefficient (Wildman–Crippen LogP) is 3.36. The number of methoxy groups -OCH3 is 2. The van der Waals surface area contributed by atoms with Crippen LogP contribution in [0.3, 0.4) is 0 Å². The van der Waals surface area contributed by atoms with Crippen LogP contribution in [0.5, 0.6) is 11.5 Å². The number of nitrogens with one attached hydrogen (secondary N) is 3. The molecule has 3 N–H and O–H groups in total. The Bertz CT molecular complexity index is 1510. The summed E-state index contributed by atoms with van der Waals surface area (Å²) >= 11 is 6.44. The molecular weight excluding hydrogens is 658 g/mol. The number of ketones is 1. The van der Waals surface area contributed by atoms with Gasteiger partial charge in [0.2, 0.25) is 17.6 Å². The van der Waals surface area contributed by atoms with E-state index in [1.54, 1.807) is 53.7 Å². The number of hydrogen-bond acceptors (Lipinski definition) is 10. The molecule has 2 heterocycles. The molecule has 1 spiro atoms. The minimum absolute atomic E-state index is 0.0113. The molecule has 49 heavy (non-hydrogen) atoms. The van der Waals surface area contributed by atoms with E-state index in [0.29, 0.717) is 34.2 Å². The zero-order valence-electron chi connectivity index (χ0n) is 29.7. The van der Waals surface area contributed by atoms with Gasteiger partial charge in [0.05, 0.1) is 37.5 Å². The second-order valence-corrected chi connectivity index (χ2v) is 15.4. The number of alkyl carbamates (subject to hydrolysis) is 1. The molecule has 4 amide bonds. The molecule has 0 aromatic heterocycles. The first kappa shape index (κ1) is 37.7. The molecule has 0 bridgehead atoms. The number of Topliss-reactive ketones (excluding diaryl/α,β-unsaturated/α-hetero) is 1. The lowest BCUT2D eigenvalue weighted by Crippen LogP contribution is -2.59. The van der Waals surface area contributed by atoms with E-state index < -0.39 is 64.3 Å². The van der Waals surface area contributed by atoms with E-state index in [4.69, 9.17) is 30.6 Å². The second-order valence-electron chi connectivity index (χ2n) is 15.0. The van der Waals surface area contributed by atoms with Crippen LogP contribution in [0.2, 0.25) is 5.02 Å². The van der Waals surface area contributed by atoms with Gasteiger partial charge in [-0.15, -0.1) is 0 Å². The van der Waals surface area contributed by atoms with E-state index in [-0.39, 0.29) is 25.3 Å². The third kappa shape index (κ3) is 8.94. The van der Waals surface area contributed by atoms with E-state index in [1.807, 2.05) is 0 Å². The Morgan fingerprint density at radius 3 is 2.24 bits per heavy atom. The lowest BCUT2D eigenvalue weighted by Gasteiger charge is -2.36. The molecule has 1 aliphatic carbocycles. The number of carbonyl (C=O) groups excluding carboxylic acids is 5. The summed E-state index contributed by atoms with van der Waals surface area (Å²) in [5.41, 5.74) is -1.73. The Balaban J connectivity index is 1.68. The topological polar surface area (TPSA) is 174 Å². The molecule has 14 nitrogen and oxygen atoms in total. The number of likely N-dealkylation sites (tertiary alicyclic amines) is 1. The molecular formula is C34H48ClN5O9. The molecule has 270 valence electrons. The number of ether oxygens (including phenoxy) is 3. The lowest BCUT2D eigenvalue weighted by atomic mass is 9.85. The summed E-state index contributed by atoms with van der Waals surface area (Å²) < 4.78 is 16.4. The van der Waals surface area contributed by atoms with Crippen molar-refractivity contribution < 1.29 is 43.0 Å². The van der Waals surface area contributed by atoms with Crippen LogP contribution in [0, 0.1) is 11.3 Å². The summed E-state index contributed by atoms with van der Waals surface area (Å²) in [4.78, 5) is 74.3. The maximum absolute atomic E-state index is 14.5. The van der Waals surface area contributed by atoms with E-state index in [1.165, 1.54) is 26.2 Å². The lowest BCUT2D eigenvalue weighted by molar-refractivity contribution is -0.144. The largest absolute Gasteiger partial charge is 0.496 e. The Hall–Kier alpha value is -4.07. The van der Waals surface area contributed by atoms with Gasteiger partial charge in [0.25, 0.3) is 5.91 Å². The average Bonchev–Trinajstić information content (AvgIpc) is 3.62. The van der Waals surface area contributed by atoms with Gasteiger partial charge >= 0.3 is 6.09 Å². The van der Waals surface area contributed by atoms with Crippen LogP contribution in [-0.2, 0) is 28.8 Å². The fourth-order valence-corrected chi connectivity index (χ4v) is 6.31. The molecule has 1 aromatic carbocycles. The van der Waals surface area contributed by atoms with Crippen molar-refractivity contribution in [3.63, 3.8) is 0 Å². The molecule has 1 saturated carbocycles. The molecule has 2 fully saturated rings. The van der Waals surface area contributed by atoms with Crippen molar-refractivity contribution in [1.82, 2.24) is 20.9 Å². The zero-order valence-corrected chi connectivity index (χ0v) is 30.4. The number of oxime groups is 1. The van der Waals surface area contributed by atoms with Crippen molar-refractivity contribution in [2.45, 2.75) is 103 Å². The number of nitrogens with zero attached hydrogens (tertiary/aromatic N) is 2. The maximum atomic E-state index is 14.5. The molecule has 1 aromatic rings. The summed E-state index contributed by atoms with van der Waals surface area (Å²) in [5, 5.41) is 12.5. The highest BCUT2D eigenvalue weighted by Crippen LogP contribution is 2.43. The highest BCUT2D eigenvalue weighted by atomic mass is 35.5. The molecule has 3 aliphatic rings. The number of hydrogen-bond donors (Lipinski definition) is 3. The van der Waals surface area contributed by atoms with Crippen LogP contribution in [0.4, 0.5) is 4.79 Å². The molecule has 0 unspecified atom stereocenters. The van der Waals surface area contributed by atoms with Crippen LogP contribution in [0.15, 0.2) is 17.3 Å². The van der Waals surface area contributed by atoms with Crippen molar-refractivity contribution in [3.8, 4) is 11.5 Å². The van der Waals surface area contributed by atoms with Crippen LogP contribution >= 0.6 is 11.6 Å². The van der Waals surface area contributed by atoms with Crippen molar-refractivity contribution >= 4 is 46.9 Å². The second kappa shape index (κ2) is 14.4. The Morgan fingerprint density at radius 1 is 1.04 bits per heavy atom. The van der Waals surface area contributed by atoms with E-state index in [2.05, 4.69) is 21.1 Å². The number of carbonyl (C=O) groups is 5. The summed E-state index contributed by atoms with van der Waals surface area (Å²) in [5.74, 6) is -1.71. The number of likely N-dealkylation sites (N-methyl/N-ethyl adjacent to an activating group) is 1. The van der Waals surface area contributed by atoms with Crippen molar-refractivity contribution in [3.05, 3.63) is 22.7 Å². The molecule has 2 aliphatic heterocycles. The van der Waals surface area contributed by atoms with E-state index >= 15 is 0 Å². The third-order valence-corrected chi connectivity index (χ3v) is 9.03. The Labute approximate surface area is 291 Å². The third-order valence-electron chi connectivity index (χ3n) is 8.73. The monoisotopic (exact) mass is 705 g/mol. The summed E-state index contributed by atoms with van der Waals surface area (Å²) in [6.07, 6.45) is 1.49. The van der Waals surface area contributed by atoms with Gasteiger partial charge in [0.15, 0.2) is 5.60 Å².